The van der Waals surface area contributed by atoms with Gasteiger partial charge in [0.1, 0.15) is 5.82 Å². The summed E-state index contributed by atoms with van der Waals surface area (Å²) < 4.78 is 13.1. The smallest absolute Gasteiger partial charge is 0.254 e. The monoisotopic (exact) mass is 407 g/mol. The molecule has 30 heavy (non-hydrogen) atoms. The van der Waals surface area contributed by atoms with Gasteiger partial charge in [0.2, 0.25) is 0 Å². The Balaban J connectivity index is 1.21. The fraction of sp³-hybridized carbons (Fsp3) is 0.480. The predicted molar refractivity (Wildman–Crippen MR) is 117 cm³/mol. The van der Waals surface area contributed by atoms with Crippen LogP contribution in [0.15, 0.2) is 42.5 Å². The number of halogens is 1. The second-order valence-corrected chi connectivity index (χ2v) is 8.96. The number of rotatable bonds is 4. The zero-order chi connectivity index (χ0) is 20.5. The molecular formula is C25H30FN3O. The highest BCUT2D eigenvalue weighted by Crippen LogP contribution is 2.33. The Labute approximate surface area is 178 Å². The molecule has 1 amide bonds. The van der Waals surface area contributed by atoms with E-state index in [1.54, 1.807) is 0 Å². The lowest BCUT2D eigenvalue weighted by atomic mass is 9.94. The second-order valence-electron chi connectivity index (χ2n) is 8.96. The minimum atomic E-state index is -0.184. The molecule has 1 aliphatic carbocycles. The van der Waals surface area contributed by atoms with E-state index in [0.717, 1.165) is 68.9 Å². The molecule has 2 aliphatic heterocycles. The van der Waals surface area contributed by atoms with E-state index in [2.05, 4.69) is 32.9 Å². The molecule has 0 radical (unpaired) electrons. The first kappa shape index (κ1) is 19.6. The van der Waals surface area contributed by atoms with Crippen molar-refractivity contribution in [1.82, 2.24) is 9.80 Å². The Bertz CT molecular complexity index is 899. The Hall–Kier alpha value is -2.40. The lowest BCUT2D eigenvalue weighted by Crippen LogP contribution is -2.46. The van der Waals surface area contributed by atoms with Crippen molar-refractivity contribution in [3.8, 4) is 0 Å². The highest BCUT2D eigenvalue weighted by Gasteiger charge is 2.33. The molecule has 2 fully saturated rings. The highest BCUT2D eigenvalue weighted by molar-refractivity contribution is 5.99. The van der Waals surface area contributed by atoms with Gasteiger partial charge < -0.3 is 9.80 Å². The summed E-state index contributed by atoms with van der Waals surface area (Å²) in [6.45, 7) is 5.46. The van der Waals surface area contributed by atoms with Gasteiger partial charge in [0.05, 0.1) is 0 Å². The molecule has 2 aromatic rings. The molecule has 0 bridgehead atoms. The normalized spacial score (nSPS) is 20.6. The number of carbonyl (C=O) groups excluding carboxylic acids is 1. The molecule has 5 heteroatoms. The Morgan fingerprint density at radius 2 is 1.63 bits per heavy atom. The fourth-order valence-electron chi connectivity index (χ4n) is 5.21. The van der Waals surface area contributed by atoms with E-state index in [9.17, 15) is 9.18 Å². The molecule has 4 nitrogen and oxygen atoms in total. The minimum absolute atomic E-state index is 0.184. The predicted octanol–water partition coefficient (Wildman–Crippen LogP) is 4.44. The maximum Gasteiger partial charge on any atom is 0.254 e. The molecule has 1 saturated heterocycles. The first-order chi connectivity index (χ1) is 14.7. The zero-order valence-corrected chi connectivity index (χ0v) is 17.5. The first-order valence-corrected chi connectivity index (χ1v) is 11.3. The zero-order valence-electron chi connectivity index (χ0n) is 17.5. The van der Waals surface area contributed by atoms with Gasteiger partial charge in [-0.2, -0.15) is 0 Å². The standard InChI is InChI=1S/C25H30FN3O/c26-21-9-6-19(7-10-21)17-27-12-14-28(15-13-27)23-11-8-20-18-29(25(30)24(20)16-23)22-4-2-1-3-5-22/h6-11,16,22H,1-5,12-15,17-18H2. The van der Waals surface area contributed by atoms with Gasteiger partial charge >= 0.3 is 0 Å². The van der Waals surface area contributed by atoms with Gasteiger partial charge in [-0.15, -0.1) is 0 Å². The summed E-state index contributed by atoms with van der Waals surface area (Å²) in [5.74, 6) is 0.0467. The van der Waals surface area contributed by atoms with Gasteiger partial charge in [-0.1, -0.05) is 37.5 Å². The topological polar surface area (TPSA) is 26.8 Å². The number of fused-ring (bicyclic) bond motifs is 1. The Morgan fingerprint density at radius 3 is 2.37 bits per heavy atom. The lowest BCUT2D eigenvalue weighted by Gasteiger charge is -2.36. The molecule has 2 aromatic carbocycles. The van der Waals surface area contributed by atoms with Crippen molar-refractivity contribution in [2.45, 2.75) is 51.2 Å². The summed E-state index contributed by atoms with van der Waals surface area (Å²) in [5, 5.41) is 0. The van der Waals surface area contributed by atoms with Gasteiger partial charge in [-0.3, -0.25) is 9.69 Å². The van der Waals surface area contributed by atoms with Crippen LogP contribution in [0.4, 0.5) is 10.1 Å². The van der Waals surface area contributed by atoms with Gasteiger partial charge in [-0.05, 0) is 48.2 Å². The van der Waals surface area contributed by atoms with Crippen LogP contribution < -0.4 is 4.90 Å². The summed E-state index contributed by atoms with van der Waals surface area (Å²) in [6, 6.07) is 13.7. The average Bonchev–Trinajstić information content (AvgIpc) is 3.12. The van der Waals surface area contributed by atoms with Crippen LogP contribution in [0.3, 0.4) is 0 Å². The molecule has 1 saturated carbocycles. The lowest BCUT2D eigenvalue weighted by molar-refractivity contribution is 0.0660. The van der Waals surface area contributed by atoms with Crippen molar-refractivity contribution in [1.29, 1.82) is 0 Å². The second kappa shape index (κ2) is 8.38. The third kappa shape index (κ3) is 3.95. The molecule has 0 unspecified atom stereocenters. The number of nitrogens with zero attached hydrogens (tertiary/aromatic N) is 3. The van der Waals surface area contributed by atoms with Crippen LogP contribution in [0.5, 0.6) is 0 Å². The summed E-state index contributed by atoms with van der Waals surface area (Å²) >= 11 is 0. The number of hydrogen-bond acceptors (Lipinski definition) is 3. The number of amides is 1. The van der Waals surface area contributed by atoms with Crippen LogP contribution >= 0.6 is 0 Å². The highest BCUT2D eigenvalue weighted by atomic mass is 19.1. The van der Waals surface area contributed by atoms with Crippen LogP contribution in [0.25, 0.3) is 0 Å². The van der Waals surface area contributed by atoms with E-state index < -0.39 is 0 Å². The van der Waals surface area contributed by atoms with Crippen molar-refractivity contribution < 1.29 is 9.18 Å². The van der Waals surface area contributed by atoms with Crippen molar-refractivity contribution >= 4 is 11.6 Å². The van der Waals surface area contributed by atoms with Crippen LogP contribution in [0.2, 0.25) is 0 Å². The van der Waals surface area contributed by atoms with Gasteiger partial charge in [-0.25, -0.2) is 4.39 Å². The third-order valence-electron chi connectivity index (χ3n) is 7.00. The third-order valence-corrected chi connectivity index (χ3v) is 7.00. The SMILES string of the molecule is O=C1c2cc(N3CCN(Cc4ccc(F)cc4)CC3)ccc2CN1C1CCCCC1. The van der Waals surface area contributed by atoms with Crippen LogP contribution in [0, 0.1) is 5.82 Å². The molecule has 0 aromatic heterocycles. The fourth-order valence-corrected chi connectivity index (χ4v) is 5.21. The van der Waals surface area contributed by atoms with Crippen molar-refractivity contribution in [2.75, 3.05) is 31.1 Å². The minimum Gasteiger partial charge on any atom is -0.369 e. The largest absolute Gasteiger partial charge is 0.369 e. The summed E-state index contributed by atoms with van der Waals surface area (Å²) in [5.41, 5.74) is 4.40. The van der Waals surface area contributed by atoms with Crippen molar-refractivity contribution in [3.63, 3.8) is 0 Å². The quantitative estimate of drug-likeness (QED) is 0.750. The van der Waals surface area contributed by atoms with Crippen molar-refractivity contribution in [2.24, 2.45) is 0 Å². The van der Waals surface area contributed by atoms with E-state index in [1.165, 1.54) is 37.0 Å². The van der Waals surface area contributed by atoms with E-state index in [1.807, 2.05) is 12.1 Å². The number of hydrogen-bond donors (Lipinski definition) is 0. The summed E-state index contributed by atoms with van der Waals surface area (Å²) in [4.78, 5) is 20.0. The number of anilines is 1. The molecule has 0 spiro atoms. The Kier molecular flexibility index (Phi) is 5.47. The molecule has 0 N–H and O–H groups in total. The molecule has 5 rings (SSSR count). The molecular weight excluding hydrogens is 377 g/mol. The summed E-state index contributed by atoms with van der Waals surface area (Å²) in [6.07, 6.45) is 6.12. The molecule has 0 atom stereocenters. The van der Waals surface area contributed by atoms with Crippen LogP contribution in [-0.2, 0) is 13.1 Å². The van der Waals surface area contributed by atoms with Gasteiger partial charge in [0.15, 0.2) is 0 Å². The summed E-state index contributed by atoms with van der Waals surface area (Å²) in [7, 11) is 0. The van der Waals surface area contributed by atoms with Gasteiger partial charge in [0, 0.05) is 56.6 Å². The van der Waals surface area contributed by atoms with Crippen molar-refractivity contribution in [3.05, 3.63) is 65.0 Å². The van der Waals surface area contributed by atoms with E-state index in [0.29, 0.717) is 6.04 Å². The maximum atomic E-state index is 13.1. The average molecular weight is 408 g/mol. The number of benzene rings is 2. The van der Waals surface area contributed by atoms with Crippen LogP contribution in [-0.4, -0.2) is 47.9 Å². The Morgan fingerprint density at radius 1 is 0.900 bits per heavy atom. The first-order valence-electron chi connectivity index (χ1n) is 11.3. The molecule has 158 valence electrons. The maximum absolute atomic E-state index is 13.1. The van der Waals surface area contributed by atoms with Crippen LogP contribution in [0.1, 0.15) is 53.6 Å². The number of piperazine rings is 1. The van der Waals surface area contributed by atoms with E-state index in [4.69, 9.17) is 0 Å². The molecule has 3 aliphatic rings. The molecule has 2 heterocycles. The van der Waals surface area contributed by atoms with E-state index >= 15 is 0 Å². The number of carbonyl (C=O) groups is 1. The van der Waals surface area contributed by atoms with Gasteiger partial charge in [0.25, 0.3) is 5.91 Å². The van der Waals surface area contributed by atoms with E-state index in [-0.39, 0.29) is 11.7 Å².